The van der Waals surface area contributed by atoms with E-state index in [1.165, 1.54) is 18.5 Å². The number of hydrogen-bond acceptors (Lipinski definition) is 7. The lowest BCUT2D eigenvalue weighted by atomic mass is 10.2. The number of nitrogens with zero attached hydrogens (tertiary/aromatic N) is 4. The molecular formula is C16H20F3N7. The number of anilines is 4. The average Bonchev–Trinajstić information content (AvgIpc) is 2.60. The molecule has 1 aliphatic rings. The topological polar surface area (TPSA) is 82.3 Å². The lowest BCUT2D eigenvalue weighted by molar-refractivity contribution is -0.137. The van der Waals surface area contributed by atoms with Gasteiger partial charge in [-0.05, 0) is 25.2 Å². The fourth-order valence-electron chi connectivity index (χ4n) is 2.56. The molecule has 2 aromatic rings. The minimum absolute atomic E-state index is 0.240. The molecule has 0 aliphatic carbocycles. The Hall–Kier alpha value is -2.59. The number of piperazine rings is 1. The number of aromatic nitrogens is 2. The molecule has 140 valence electrons. The quantitative estimate of drug-likeness (QED) is 0.765. The largest absolute Gasteiger partial charge is 0.416 e. The molecule has 1 aromatic heterocycles. The second kappa shape index (κ2) is 7.34. The summed E-state index contributed by atoms with van der Waals surface area (Å²) in [5.74, 6) is 0.662. The Morgan fingerprint density at radius 1 is 1.08 bits per heavy atom. The van der Waals surface area contributed by atoms with Crippen LogP contribution in [0.25, 0.3) is 0 Å². The number of rotatable bonds is 4. The Balaban J connectivity index is 1.75. The van der Waals surface area contributed by atoms with Gasteiger partial charge in [-0.25, -0.2) is 15.0 Å². The lowest BCUT2D eigenvalue weighted by Crippen LogP contribution is -2.47. The van der Waals surface area contributed by atoms with Crippen LogP contribution in [0.15, 0.2) is 30.6 Å². The smallest absolute Gasteiger partial charge is 0.393 e. The van der Waals surface area contributed by atoms with E-state index in [9.17, 15) is 13.2 Å². The molecule has 7 nitrogen and oxygen atoms in total. The maximum atomic E-state index is 12.8. The van der Waals surface area contributed by atoms with Gasteiger partial charge < -0.3 is 21.4 Å². The van der Waals surface area contributed by atoms with E-state index < -0.39 is 11.7 Å². The van der Waals surface area contributed by atoms with Gasteiger partial charge in [0.1, 0.15) is 12.0 Å². The molecule has 26 heavy (non-hydrogen) atoms. The summed E-state index contributed by atoms with van der Waals surface area (Å²) in [5.41, 5.74) is 8.97. The van der Waals surface area contributed by atoms with Gasteiger partial charge in [-0.3, -0.25) is 0 Å². The first-order valence-corrected chi connectivity index (χ1v) is 8.08. The molecular weight excluding hydrogens is 347 g/mol. The van der Waals surface area contributed by atoms with E-state index in [-0.39, 0.29) is 17.2 Å². The first-order chi connectivity index (χ1) is 12.3. The molecule has 0 unspecified atom stereocenters. The number of nitrogens with two attached hydrogens (primary N) is 1. The number of hydrogen-bond donors (Lipinski definition) is 3. The molecule has 0 spiro atoms. The molecule has 1 fully saturated rings. The lowest BCUT2D eigenvalue weighted by Gasteiger charge is -2.32. The molecule has 0 radical (unpaired) electrons. The molecule has 10 heteroatoms. The first-order valence-electron chi connectivity index (χ1n) is 8.08. The Bertz CT molecular complexity index is 758. The zero-order valence-electron chi connectivity index (χ0n) is 14.2. The average molecular weight is 367 g/mol. The van der Waals surface area contributed by atoms with Gasteiger partial charge in [-0.15, -0.1) is 0 Å². The Morgan fingerprint density at radius 3 is 2.46 bits per heavy atom. The van der Waals surface area contributed by atoms with Crippen molar-refractivity contribution < 1.29 is 13.2 Å². The summed E-state index contributed by atoms with van der Waals surface area (Å²) >= 11 is 0. The van der Waals surface area contributed by atoms with E-state index in [0.717, 1.165) is 38.3 Å². The molecule has 0 bridgehead atoms. The van der Waals surface area contributed by atoms with Crippen molar-refractivity contribution in [3.63, 3.8) is 0 Å². The molecule has 4 N–H and O–H groups in total. The van der Waals surface area contributed by atoms with E-state index in [4.69, 9.17) is 5.73 Å². The Labute approximate surface area is 149 Å². The van der Waals surface area contributed by atoms with Crippen molar-refractivity contribution in [1.82, 2.24) is 19.9 Å². The van der Waals surface area contributed by atoms with Crippen molar-refractivity contribution in [3.05, 3.63) is 36.2 Å². The number of halogens is 3. The molecule has 2 heterocycles. The second-order valence-corrected chi connectivity index (χ2v) is 6.09. The van der Waals surface area contributed by atoms with Crippen LogP contribution in [0.5, 0.6) is 0 Å². The van der Waals surface area contributed by atoms with Gasteiger partial charge in [0, 0.05) is 31.9 Å². The number of nitrogen functional groups attached to an aromatic ring is 1. The third-order valence-corrected chi connectivity index (χ3v) is 4.10. The number of alkyl halides is 3. The van der Waals surface area contributed by atoms with Crippen molar-refractivity contribution in [2.75, 3.05) is 49.7 Å². The van der Waals surface area contributed by atoms with E-state index in [1.54, 1.807) is 0 Å². The third kappa shape index (κ3) is 4.33. The summed E-state index contributed by atoms with van der Waals surface area (Å²) in [5, 5.41) is 4.82. The minimum Gasteiger partial charge on any atom is -0.393 e. The van der Waals surface area contributed by atoms with Crippen LogP contribution >= 0.6 is 0 Å². The fourth-order valence-corrected chi connectivity index (χ4v) is 2.56. The summed E-state index contributed by atoms with van der Waals surface area (Å²) in [6.45, 7) is 3.42. The van der Waals surface area contributed by atoms with Crippen LogP contribution in [0.2, 0.25) is 0 Å². The highest BCUT2D eigenvalue weighted by atomic mass is 19.4. The Kier molecular flexibility index (Phi) is 5.14. The van der Waals surface area contributed by atoms with Crippen LogP contribution < -0.4 is 16.5 Å². The number of benzene rings is 1. The van der Waals surface area contributed by atoms with Crippen LogP contribution in [0.1, 0.15) is 5.56 Å². The van der Waals surface area contributed by atoms with Crippen molar-refractivity contribution in [2.45, 2.75) is 6.18 Å². The normalized spacial score (nSPS) is 16.5. The van der Waals surface area contributed by atoms with Crippen molar-refractivity contribution in [2.24, 2.45) is 0 Å². The van der Waals surface area contributed by atoms with Crippen LogP contribution in [0.3, 0.4) is 0 Å². The van der Waals surface area contributed by atoms with Crippen LogP contribution in [0, 0.1) is 0 Å². The summed E-state index contributed by atoms with van der Waals surface area (Å²) in [7, 11) is 2.05. The van der Waals surface area contributed by atoms with Gasteiger partial charge in [0.05, 0.1) is 5.56 Å². The fraction of sp³-hybridized carbons (Fsp3) is 0.375. The predicted molar refractivity (Wildman–Crippen MR) is 93.9 cm³/mol. The zero-order valence-corrected chi connectivity index (χ0v) is 14.2. The van der Waals surface area contributed by atoms with E-state index in [0.29, 0.717) is 5.82 Å². The van der Waals surface area contributed by atoms with Crippen LogP contribution in [-0.2, 0) is 6.18 Å². The minimum atomic E-state index is -4.41. The maximum absolute atomic E-state index is 12.8. The van der Waals surface area contributed by atoms with Gasteiger partial charge >= 0.3 is 6.18 Å². The number of hydrazine groups is 1. The summed E-state index contributed by atoms with van der Waals surface area (Å²) < 4.78 is 38.5. The molecule has 1 aliphatic heterocycles. The molecule has 1 aromatic carbocycles. The first kappa shape index (κ1) is 18.2. The van der Waals surface area contributed by atoms with Gasteiger partial charge in [0.2, 0.25) is 0 Å². The van der Waals surface area contributed by atoms with E-state index in [1.807, 2.05) is 12.1 Å². The van der Waals surface area contributed by atoms with Crippen molar-refractivity contribution in [3.8, 4) is 0 Å². The van der Waals surface area contributed by atoms with E-state index in [2.05, 4.69) is 25.6 Å². The molecule has 1 saturated heterocycles. The number of likely N-dealkylation sites (N-methyl/N-ethyl adjacent to an activating group) is 1. The highest BCUT2D eigenvalue weighted by Gasteiger charge is 2.30. The molecule has 0 saturated carbocycles. The third-order valence-electron chi connectivity index (χ3n) is 4.10. The molecule has 0 atom stereocenters. The van der Waals surface area contributed by atoms with Gasteiger partial charge in [0.15, 0.2) is 11.6 Å². The standard InChI is InChI=1S/C16H20F3N7/c1-25-5-7-26(8-6-25)24-15-13(20)14(21-10-22-15)23-12-4-2-3-11(9-12)16(17,18)19/h2-4,9-10H,5-8,20H2,1H3,(H2,21,22,23,24). The summed E-state index contributed by atoms with van der Waals surface area (Å²) in [4.78, 5) is 10.4. The summed E-state index contributed by atoms with van der Waals surface area (Å²) in [6.07, 6.45) is -3.10. The second-order valence-electron chi connectivity index (χ2n) is 6.09. The predicted octanol–water partition coefficient (Wildman–Crippen LogP) is 2.40. The summed E-state index contributed by atoms with van der Waals surface area (Å²) in [6, 6.07) is 4.86. The van der Waals surface area contributed by atoms with E-state index >= 15 is 0 Å². The van der Waals surface area contributed by atoms with Crippen LogP contribution in [-0.4, -0.2) is 53.1 Å². The zero-order chi connectivity index (χ0) is 18.7. The van der Waals surface area contributed by atoms with Gasteiger partial charge in [-0.2, -0.15) is 13.2 Å². The molecule has 0 amide bonds. The van der Waals surface area contributed by atoms with Crippen LogP contribution in [0.4, 0.5) is 36.2 Å². The van der Waals surface area contributed by atoms with Gasteiger partial charge in [0.25, 0.3) is 0 Å². The Morgan fingerprint density at radius 2 is 1.77 bits per heavy atom. The molecule has 3 rings (SSSR count). The van der Waals surface area contributed by atoms with Gasteiger partial charge in [-0.1, -0.05) is 6.07 Å². The SMILES string of the molecule is CN1CCN(Nc2ncnc(Nc3cccc(C(F)(F)F)c3)c2N)CC1. The van der Waals surface area contributed by atoms with Crippen molar-refractivity contribution >= 4 is 23.0 Å². The van der Waals surface area contributed by atoms with Crippen molar-refractivity contribution in [1.29, 1.82) is 0 Å². The highest BCUT2D eigenvalue weighted by Crippen LogP contribution is 2.32. The maximum Gasteiger partial charge on any atom is 0.416 e. The number of nitrogens with one attached hydrogen (secondary N) is 2. The monoisotopic (exact) mass is 367 g/mol. The highest BCUT2D eigenvalue weighted by molar-refractivity contribution is 5.77.